The standard InChI is InChI=1S/C35H35NO6/c1-40-32(38)27-8-5-9-29(17-27)36-31(37)14-15-41-30-12-10-28(11-13-30)34-18-25-16-26(19-34)21-35(20-25,23-34)33(39)42-22-24-6-3-2-4-7-24/h2-15,17,25-26H,16,18-23H2,1H3,(H,36,37). The second kappa shape index (κ2) is 11.5. The molecule has 7 nitrogen and oxygen atoms in total. The summed E-state index contributed by atoms with van der Waals surface area (Å²) >= 11 is 0. The van der Waals surface area contributed by atoms with E-state index in [1.54, 1.807) is 24.3 Å². The summed E-state index contributed by atoms with van der Waals surface area (Å²) in [5, 5.41) is 2.71. The number of benzene rings is 3. The molecule has 0 spiro atoms. The van der Waals surface area contributed by atoms with Crippen LogP contribution in [0, 0.1) is 17.3 Å². The number of esters is 2. The highest BCUT2D eigenvalue weighted by Gasteiger charge is 2.61. The van der Waals surface area contributed by atoms with Crippen molar-refractivity contribution < 1.29 is 28.6 Å². The number of amides is 1. The average molecular weight is 566 g/mol. The lowest BCUT2D eigenvalue weighted by molar-refractivity contribution is -0.175. The smallest absolute Gasteiger partial charge is 0.337 e. The highest BCUT2D eigenvalue weighted by Crippen LogP contribution is 2.66. The molecule has 7 rings (SSSR count). The summed E-state index contributed by atoms with van der Waals surface area (Å²) in [4.78, 5) is 37.6. The van der Waals surface area contributed by atoms with Gasteiger partial charge >= 0.3 is 11.9 Å². The maximum absolute atomic E-state index is 13.5. The first-order chi connectivity index (χ1) is 20.4. The number of methoxy groups -OCH3 is 1. The number of carbonyl (C=O) groups excluding carboxylic acids is 3. The lowest BCUT2D eigenvalue weighted by atomic mass is 9.43. The van der Waals surface area contributed by atoms with Crippen molar-refractivity contribution in [3.8, 4) is 5.75 Å². The molecule has 1 amide bonds. The third-order valence-corrected chi connectivity index (χ3v) is 9.15. The summed E-state index contributed by atoms with van der Waals surface area (Å²) < 4.78 is 16.3. The van der Waals surface area contributed by atoms with Gasteiger partial charge in [0.05, 0.1) is 24.4 Å². The zero-order chi connectivity index (χ0) is 29.2. The van der Waals surface area contributed by atoms with E-state index in [1.165, 1.54) is 31.4 Å². The van der Waals surface area contributed by atoms with E-state index in [0.29, 0.717) is 35.4 Å². The first kappa shape index (κ1) is 27.8. The van der Waals surface area contributed by atoms with Gasteiger partial charge in [-0.3, -0.25) is 9.59 Å². The average Bonchev–Trinajstić information content (AvgIpc) is 2.99. The molecule has 3 aromatic carbocycles. The molecule has 0 radical (unpaired) electrons. The van der Waals surface area contributed by atoms with E-state index in [9.17, 15) is 14.4 Å². The molecule has 4 fully saturated rings. The van der Waals surface area contributed by atoms with Crippen LogP contribution in [0.1, 0.15) is 60.0 Å². The van der Waals surface area contributed by atoms with Crippen LogP contribution >= 0.6 is 0 Å². The van der Waals surface area contributed by atoms with E-state index >= 15 is 0 Å². The van der Waals surface area contributed by atoms with Crippen molar-refractivity contribution in [2.24, 2.45) is 17.3 Å². The quantitative estimate of drug-likeness (QED) is 0.179. The normalized spacial score (nSPS) is 25.6. The Hall–Kier alpha value is -4.39. The molecule has 0 aliphatic heterocycles. The maximum Gasteiger partial charge on any atom is 0.337 e. The van der Waals surface area contributed by atoms with E-state index in [2.05, 4.69) is 17.4 Å². The minimum absolute atomic E-state index is 0.0250. The second-order valence-electron chi connectivity index (χ2n) is 12.1. The topological polar surface area (TPSA) is 90.9 Å². The minimum Gasteiger partial charge on any atom is -0.465 e. The highest BCUT2D eigenvalue weighted by atomic mass is 16.5. The van der Waals surface area contributed by atoms with Crippen LogP contribution in [0.4, 0.5) is 5.69 Å². The van der Waals surface area contributed by atoms with Gasteiger partial charge < -0.3 is 19.5 Å². The van der Waals surface area contributed by atoms with Crippen molar-refractivity contribution in [2.45, 2.75) is 50.5 Å². The number of carbonyl (C=O) groups is 3. The fourth-order valence-electron chi connectivity index (χ4n) is 7.80. The Kier molecular flexibility index (Phi) is 7.58. The molecule has 4 aliphatic carbocycles. The third kappa shape index (κ3) is 5.69. The summed E-state index contributed by atoms with van der Waals surface area (Å²) in [6.07, 6.45) is 8.75. The van der Waals surface area contributed by atoms with Gasteiger partial charge in [0.1, 0.15) is 12.4 Å². The van der Waals surface area contributed by atoms with Crippen molar-refractivity contribution in [1.29, 1.82) is 0 Å². The molecule has 0 saturated heterocycles. The summed E-state index contributed by atoms with van der Waals surface area (Å²) in [6.45, 7) is 0.321. The zero-order valence-corrected chi connectivity index (χ0v) is 23.7. The molecular weight excluding hydrogens is 530 g/mol. The van der Waals surface area contributed by atoms with Crippen LogP contribution in [0.5, 0.6) is 5.75 Å². The number of hydrogen-bond donors (Lipinski definition) is 1. The van der Waals surface area contributed by atoms with Gasteiger partial charge in [-0.15, -0.1) is 0 Å². The first-order valence-corrected chi connectivity index (χ1v) is 14.5. The van der Waals surface area contributed by atoms with Crippen molar-refractivity contribution in [3.63, 3.8) is 0 Å². The van der Waals surface area contributed by atoms with Crippen molar-refractivity contribution in [1.82, 2.24) is 0 Å². The van der Waals surface area contributed by atoms with Crippen LogP contribution < -0.4 is 10.1 Å². The molecule has 4 saturated carbocycles. The fourth-order valence-corrected chi connectivity index (χ4v) is 7.80. The molecule has 4 aliphatic rings. The van der Waals surface area contributed by atoms with Crippen molar-refractivity contribution >= 4 is 23.5 Å². The predicted octanol–water partition coefficient (Wildman–Crippen LogP) is 6.59. The van der Waals surface area contributed by atoms with E-state index < -0.39 is 11.4 Å². The van der Waals surface area contributed by atoms with Gasteiger partial charge in [-0.05, 0) is 97.2 Å². The second-order valence-corrected chi connectivity index (χ2v) is 12.1. The first-order valence-electron chi connectivity index (χ1n) is 14.5. The van der Waals surface area contributed by atoms with Crippen LogP contribution in [0.25, 0.3) is 0 Å². The number of rotatable bonds is 9. The summed E-state index contributed by atoms with van der Waals surface area (Å²) in [5.74, 6) is 0.816. The number of ether oxygens (including phenoxy) is 3. The van der Waals surface area contributed by atoms with E-state index in [4.69, 9.17) is 14.2 Å². The number of nitrogens with one attached hydrogen (secondary N) is 1. The van der Waals surface area contributed by atoms with Crippen LogP contribution in [0.15, 0.2) is 91.2 Å². The molecule has 0 heterocycles. The molecule has 2 unspecified atom stereocenters. The molecule has 1 N–H and O–H groups in total. The minimum atomic E-state index is -0.472. The Morgan fingerprint density at radius 3 is 2.36 bits per heavy atom. The molecule has 42 heavy (non-hydrogen) atoms. The summed E-state index contributed by atoms with van der Waals surface area (Å²) in [6, 6.07) is 24.5. The van der Waals surface area contributed by atoms with Gasteiger partial charge in [-0.1, -0.05) is 48.5 Å². The summed E-state index contributed by atoms with van der Waals surface area (Å²) in [5.41, 5.74) is 2.67. The van der Waals surface area contributed by atoms with E-state index in [-0.39, 0.29) is 17.3 Å². The van der Waals surface area contributed by atoms with Gasteiger partial charge in [0, 0.05) is 11.8 Å². The van der Waals surface area contributed by atoms with Gasteiger partial charge in [0.15, 0.2) is 0 Å². The SMILES string of the molecule is COC(=O)c1cccc(NC(=O)C=COc2ccc(C34CC5CC(CC(C(=O)OCc6ccccc6)(C5)C3)C4)cc2)c1. The largest absolute Gasteiger partial charge is 0.465 e. The molecular formula is C35H35NO6. The van der Waals surface area contributed by atoms with Gasteiger partial charge in [0.25, 0.3) is 5.91 Å². The molecule has 3 aromatic rings. The molecule has 4 bridgehead atoms. The maximum atomic E-state index is 13.5. The van der Waals surface area contributed by atoms with Crippen LogP contribution in [-0.4, -0.2) is 25.0 Å². The predicted molar refractivity (Wildman–Crippen MR) is 158 cm³/mol. The third-order valence-electron chi connectivity index (χ3n) is 9.15. The van der Waals surface area contributed by atoms with Gasteiger partial charge in [-0.2, -0.15) is 0 Å². The van der Waals surface area contributed by atoms with Crippen LogP contribution in [0.2, 0.25) is 0 Å². The molecule has 0 aromatic heterocycles. The van der Waals surface area contributed by atoms with Gasteiger partial charge in [0.2, 0.25) is 0 Å². The lowest BCUT2D eigenvalue weighted by Gasteiger charge is -2.61. The fraction of sp³-hybridized carbons (Fsp3) is 0.343. The molecule has 216 valence electrons. The summed E-state index contributed by atoms with van der Waals surface area (Å²) in [7, 11) is 1.31. The Morgan fingerprint density at radius 2 is 1.64 bits per heavy atom. The number of hydrogen-bond acceptors (Lipinski definition) is 6. The van der Waals surface area contributed by atoms with Crippen LogP contribution in [-0.2, 0) is 31.1 Å². The van der Waals surface area contributed by atoms with Crippen LogP contribution in [0.3, 0.4) is 0 Å². The lowest BCUT2D eigenvalue weighted by Crippen LogP contribution is -2.57. The van der Waals surface area contributed by atoms with Crippen molar-refractivity contribution in [2.75, 3.05) is 12.4 Å². The Labute approximate surface area is 245 Å². The Bertz CT molecular complexity index is 1480. The highest BCUT2D eigenvalue weighted by molar-refractivity contribution is 6.00. The monoisotopic (exact) mass is 565 g/mol. The molecule has 7 heteroatoms. The molecule has 2 atom stereocenters. The number of anilines is 1. The zero-order valence-electron chi connectivity index (χ0n) is 23.7. The van der Waals surface area contributed by atoms with Crippen molar-refractivity contribution in [3.05, 3.63) is 108 Å². The van der Waals surface area contributed by atoms with E-state index in [0.717, 1.165) is 37.7 Å². The van der Waals surface area contributed by atoms with E-state index in [1.807, 2.05) is 42.5 Å². The Balaban J connectivity index is 1.09. The Morgan fingerprint density at radius 1 is 0.905 bits per heavy atom. The van der Waals surface area contributed by atoms with Gasteiger partial charge in [-0.25, -0.2) is 4.79 Å².